The lowest BCUT2D eigenvalue weighted by Crippen LogP contribution is -2.24. The molecule has 0 N–H and O–H groups in total. The number of hydrogen-bond acceptors (Lipinski definition) is 6. The molecular weight excluding hydrogens is 572 g/mol. The van der Waals surface area contributed by atoms with Gasteiger partial charge in [0.1, 0.15) is 11.4 Å². The molecule has 0 aliphatic heterocycles. The van der Waals surface area contributed by atoms with Crippen molar-refractivity contribution in [2.45, 2.75) is 45.8 Å². The van der Waals surface area contributed by atoms with E-state index in [1.165, 1.54) is 16.5 Å². The van der Waals surface area contributed by atoms with Crippen LogP contribution >= 0.6 is 0 Å². The summed E-state index contributed by atoms with van der Waals surface area (Å²) in [6.07, 6.45) is 8.42. The van der Waals surface area contributed by atoms with Crippen LogP contribution in [0.1, 0.15) is 38.3 Å². The highest BCUT2D eigenvalue weighted by Gasteiger charge is 2.16. The Hall–Kier alpha value is -5.07. The maximum Gasteiger partial charge on any atom is 0.308 e. The van der Waals surface area contributed by atoms with E-state index in [2.05, 4.69) is 76.7 Å². The van der Waals surface area contributed by atoms with Gasteiger partial charge < -0.3 is 14.2 Å². The van der Waals surface area contributed by atoms with Crippen LogP contribution in [0.5, 0.6) is 5.75 Å². The van der Waals surface area contributed by atoms with Crippen LogP contribution in [0.4, 0.5) is 0 Å². The molecule has 0 atom stereocenters. The van der Waals surface area contributed by atoms with Crippen LogP contribution in [0.2, 0.25) is 0 Å². The van der Waals surface area contributed by atoms with Gasteiger partial charge in [-0.1, -0.05) is 72.8 Å². The predicted octanol–water partition coefficient (Wildman–Crippen LogP) is 8.99. The Morgan fingerprint density at radius 2 is 1.35 bits per heavy atom. The minimum atomic E-state index is -0.507. The van der Waals surface area contributed by atoms with Gasteiger partial charge in [0.2, 0.25) is 0 Å². The lowest BCUT2D eigenvalue weighted by atomic mass is 9.97. The molecule has 0 radical (unpaired) electrons. The van der Waals surface area contributed by atoms with Gasteiger partial charge in [0.05, 0.1) is 26.2 Å². The van der Waals surface area contributed by atoms with Crippen molar-refractivity contribution in [1.29, 1.82) is 0 Å². The Kier molecular flexibility index (Phi) is 9.36. The summed E-state index contributed by atoms with van der Waals surface area (Å²) in [6.45, 7) is 6.74. The first-order valence-electron chi connectivity index (χ1n) is 15.6. The standard InChI is InChI=1S/C40H38N2O4/c1-40(2,3)46-39(43)19-22-44-27-29-12-15-35(34-9-5-7-31-17-21-42-26-37(31)34)38(24-29)45-23-18-28-10-13-32(14-11-28)33-8-4-6-30-16-20-41-25-36(30)33/h4-17,20-21,24-26H,18-19,22-23,27H2,1-3H3. The summed E-state index contributed by atoms with van der Waals surface area (Å²) in [6, 6.07) is 31.5. The van der Waals surface area contributed by atoms with Crippen LogP contribution < -0.4 is 4.74 Å². The molecule has 2 aromatic heterocycles. The van der Waals surface area contributed by atoms with Crippen LogP contribution in [-0.2, 0) is 27.3 Å². The van der Waals surface area contributed by atoms with Gasteiger partial charge in [-0.25, -0.2) is 0 Å². The lowest BCUT2D eigenvalue weighted by molar-refractivity contribution is -0.156. The highest BCUT2D eigenvalue weighted by atomic mass is 16.6. The molecule has 2 heterocycles. The molecule has 0 unspecified atom stereocenters. The molecule has 0 amide bonds. The summed E-state index contributed by atoms with van der Waals surface area (Å²) in [5.41, 5.74) is 6.05. The number of carbonyl (C=O) groups excluding carboxylic acids is 1. The Morgan fingerprint density at radius 1 is 0.696 bits per heavy atom. The summed E-state index contributed by atoms with van der Waals surface area (Å²) >= 11 is 0. The smallest absolute Gasteiger partial charge is 0.308 e. The molecule has 0 aliphatic rings. The van der Waals surface area contributed by atoms with Gasteiger partial charge >= 0.3 is 5.97 Å². The van der Waals surface area contributed by atoms with Crippen LogP contribution in [0.15, 0.2) is 116 Å². The normalized spacial score (nSPS) is 11.5. The fraction of sp³-hybridized carbons (Fsp3) is 0.225. The number of benzene rings is 4. The third kappa shape index (κ3) is 7.59. The van der Waals surface area contributed by atoms with E-state index in [9.17, 15) is 4.79 Å². The largest absolute Gasteiger partial charge is 0.493 e. The Balaban J connectivity index is 1.17. The van der Waals surface area contributed by atoms with Crippen molar-refractivity contribution in [2.24, 2.45) is 0 Å². The molecule has 0 aliphatic carbocycles. The Morgan fingerprint density at radius 3 is 2.04 bits per heavy atom. The zero-order valence-corrected chi connectivity index (χ0v) is 26.5. The lowest BCUT2D eigenvalue weighted by Gasteiger charge is -2.19. The summed E-state index contributed by atoms with van der Waals surface area (Å²) < 4.78 is 17.7. The average molecular weight is 611 g/mol. The van der Waals surface area contributed by atoms with Gasteiger partial charge in [-0.2, -0.15) is 0 Å². The number of carbonyl (C=O) groups is 1. The second kappa shape index (κ2) is 13.9. The van der Waals surface area contributed by atoms with E-state index in [1.807, 2.05) is 69.8 Å². The Bertz CT molecular complexity index is 1950. The van der Waals surface area contributed by atoms with Crippen LogP contribution in [0.25, 0.3) is 43.8 Å². The molecule has 46 heavy (non-hydrogen) atoms. The average Bonchev–Trinajstić information content (AvgIpc) is 3.06. The number of nitrogens with zero attached hydrogens (tertiary/aromatic N) is 2. The van der Waals surface area contributed by atoms with Gasteiger partial charge in [-0.3, -0.25) is 14.8 Å². The van der Waals surface area contributed by atoms with E-state index in [0.29, 0.717) is 13.2 Å². The minimum absolute atomic E-state index is 0.206. The van der Waals surface area contributed by atoms with E-state index in [1.54, 1.807) is 0 Å². The fourth-order valence-electron chi connectivity index (χ4n) is 5.58. The van der Waals surface area contributed by atoms with Crippen molar-refractivity contribution in [3.63, 3.8) is 0 Å². The quantitative estimate of drug-likeness (QED) is 0.108. The number of esters is 1. The third-order valence-electron chi connectivity index (χ3n) is 7.76. The van der Waals surface area contributed by atoms with Crippen molar-refractivity contribution >= 4 is 27.5 Å². The van der Waals surface area contributed by atoms with Crippen molar-refractivity contribution in [3.05, 3.63) is 127 Å². The SMILES string of the molecule is CC(C)(C)OC(=O)CCOCc1ccc(-c2cccc3ccncc23)c(OCCc2ccc(-c3cccc4ccncc34)cc2)c1. The summed E-state index contributed by atoms with van der Waals surface area (Å²) in [5, 5.41) is 4.51. The van der Waals surface area contributed by atoms with Crippen LogP contribution in [0, 0.1) is 0 Å². The number of hydrogen-bond donors (Lipinski definition) is 0. The molecule has 232 valence electrons. The van der Waals surface area contributed by atoms with E-state index >= 15 is 0 Å². The maximum atomic E-state index is 12.1. The molecule has 0 saturated carbocycles. The molecule has 0 fully saturated rings. The van der Waals surface area contributed by atoms with Crippen LogP contribution in [-0.4, -0.2) is 34.8 Å². The topological polar surface area (TPSA) is 70.5 Å². The fourth-order valence-corrected chi connectivity index (χ4v) is 5.58. The Labute approximate surface area is 270 Å². The predicted molar refractivity (Wildman–Crippen MR) is 184 cm³/mol. The molecular formula is C40H38N2O4. The van der Waals surface area contributed by atoms with Crippen molar-refractivity contribution in [3.8, 4) is 28.0 Å². The molecule has 6 rings (SSSR count). The molecule has 6 aromatic rings. The number of ether oxygens (including phenoxy) is 3. The molecule has 6 nitrogen and oxygen atoms in total. The number of fused-ring (bicyclic) bond motifs is 2. The van der Waals surface area contributed by atoms with Gasteiger partial charge in [0.25, 0.3) is 0 Å². The first-order valence-corrected chi connectivity index (χ1v) is 15.6. The highest BCUT2D eigenvalue weighted by Crippen LogP contribution is 2.36. The van der Waals surface area contributed by atoms with Gasteiger partial charge in [-0.05, 0) is 77.6 Å². The third-order valence-corrected chi connectivity index (χ3v) is 7.76. The van der Waals surface area contributed by atoms with E-state index in [0.717, 1.165) is 50.6 Å². The van der Waals surface area contributed by atoms with Crippen molar-refractivity contribution in [2.75, 3.05) is 13.2 Å². The zero-order valence-electron chi connectivity index (χ0n) is 26.5. The molecule has 0 spiro atoms. The first kappa shape index (κ1) is 30.9. The summed E-state index contributed by atoms with van der Waals surface area (Å²) in [7, 11) is 0. The van der Waals surface area contributed by atoms with Crippen molar-refractivity contribution < 1.29 is 19.0 Å². The van der Waals surface area contributed by atoms with E-state index in [-0.39, 0.29) is 19.0 Å². The second-order valence-corrected chi connectivity index (χ2v) is 12.3. The molecule has 4 aromatic carbocycles. The zero-order chi connectivity index (χ0) is 31.9. The molecule has 6 heteroatoms. The van der Waals surface area contributed by atoms with Gasteiger partial charge in [0.15, 0.2) is 0 Å². The first-order chi connectivity index (χ1) is 22.3. The van der Waals surface area contributed by atoms with Crippen molar-refractivity contribution in [1.82, 2.24) is 9.97 Å². The highest BCUT2D eigenvalue weighted by molar-refractivity contribution is 5.98. The second-order valence-electron chi connectivity index (χ2n) is 12.3. The van der Waals surface area contributed by atoms with Crippen LogP contribution in [0.3, 0.4) is 0 Å². The number of pyridine rings is 2. The molecule has 0 bridgehead atoms. The van der Waals surface area contributed by atoms with E-state index in [4.69, 9.17) is 14.2 Å². The van der Waals surface area contributed by atoms with E-state index < -0.39 is 5.60 Å². The monoisotopic (exact) mass is 610 g/mol. The minimum Gasteiger partial charge on any atom is -0.493 e. The summed E-state index contributed by atoms with van der Waals surface area (Å²) in [4.78, 5) is 20.8. The molecule has 0 saturated heterocycles. The number of rotatable bonds is 11. The summed E-state index contributed by atoms with van der Waals surface area (Å²) in [5.74, 6) is 0.517. The van der Waals surface area contributed by atoms with Gasteiger partial charge in [0, 0.05) is 47.5 Å². The number of aromatic nitrogens is 2. The van der Waals surface area contributed by atoms with Gasteiger partial charge in [-0.15, -0.1) is 0 Å². The maximum absolute atomic E-state index is 12.1.